The molecule has 11 heteroatoms. The van der Waals surface area contributed by atoms with E-state index in [1.807, 2.05) is 36.4 Å². The molecule has 2 aromatic heterocycles. The molecule has 0 fully saturated rings. The van der Waals surface area contributed by atoms with E-state index in [-0.39, 0.29) is 42.8 Å². The standard InChI is InChI=1S/C42H33F5N4O2/c43-34-8-5-6-30(41(34)44)18-21-32-24-38(52)33-7-1-4-11-37(33)51(32)26-40(53)50(23-22-39-48-35-9-2-3-10-36(35)49-39)25-27-12-14-28(15-13-27)29-16-19-31(20-17-29)42(45,46)47/h1-17,19-20,24H,18,21-23,25-26H2,(H,48,49). The molecule has 7 rings (SSSR count). The molecule has 0 spiro atoms. The summed E-state index contributed by atoms with van der Waals surface area (Å²) in [4.78, 5) is 37.2. The van der Waals surface area contributed by atoms with Crippen molar-refractivity contribution in [2.45, 2.75) is 38.5 Å². The van der Waals surface area contributed by atoms with Gasteiger partial charge in [-0.1, -0.05) is 72.8 Å². The van der Waals surface area contributed by atoms with E-state index < -0.39 is 23.4 Å². The highest BCUT2D eigenvalue weighted by Crippen LogP contribution is 2.31. The lowest BCUT2D eigenvalue weighted by molar-refractivity contribution is -0.137. The topological polar surface area (TPSA) is 71.0 Å². The van der Waals surface area contributed by atoms with Gasteiger partial charge in [0.1, 0.15) is 12.4 Å². The van der Waals surface area contributed by atoms with Gasteiger partial charge in [0.25, 0.3) is 0 Å². The number of carbonyl (C=O) groups excluding carboxylic acids is 1. The van der Waals surface area contributed by atoms with Crippen LogP contribution < -0.4 is 5.43 Å². The SMILES string of the molecule is O=C(Cn1c(CCc2cccc(F)c2F)cc(=O)c2ccccc21)N(CCc1nc2ccccc2[nH]1)Cc1ccc(-c2ccc(C(F)(F)F)cc2)cc1. The quantitative estimate of drug-likeness (QED) is 0.136. The Balaban J connectivity index is 1.18. The Kier molecular flexibility index (Phi) is 9.90. The number of carbonyl (C=O) groups is 1. The van der Waals surface area contributed by atoms with Crippen LogP contribution in [-0.2, 0) is 43.3 Å². The number of nitrogens with zero attached hydrogens (tertiary/aromatic N) is 3. The van der Waals surface area contributed by atoms with Crippen molar-refractivity contribution in [3.63, 3.8) is 0 Å². The number of benzene rings is 5. The molecular formula is C42H33F5N4O2. The molecule has 1 N–H and O–H groups in total. The minimum atomic E-state index is -4.43. The highest BCUT2D eigenvalue weighted by Gasteiger charge is 2.30. The number of nitrogens with one attached hydrogen (secondary N) is 1. The smallest absolute Gasteiger partial charge is 0.342 e. The number of hydrogen-bond donors (Lipinski definition) is 1. The molecule has 0 aliphatic rings. The molecule has 7 aromatic rings. The number of hydrogen-bond acceptors (Lipinski definition) is 3. The van der Waals surface area contributed by atoms with Gasteiger partial charge in [0.05, 0.1) is 22.1 Å². The molecule has 268 valence electrons. The molecule has 0 aliphatic carbocycles. The zero-order valence-corrected chi connectivity index (χ0v) is 28.3. The van der Waals surface area contributed by atoms with Crippen LogP contribution in [-0.4, -0.2) is 31.9 Å². The molecule has 0 unspecified atom stereocenters. The number of alkyl halides is 3. The van der Waals surface area contributed by atoms with Crippen molar-refractivity contribution in [1.82, 2.24) is 19.4 Å². The third-order valence-corrected chi connectivity index (χ3v) is 9.36. The molecule has 5 aromatic carbocycles. The van der Waals surface area contributed by atoms with Crippen LogP contribution in [0.25, 0.3) is 33.1 Å². The summed E-state index contributed by atoms with van der Waals surface area (Å²) in [5, 5.41) is 0.425. The Hall–Kier alpha value is -6.10. The van der Waals surface area contributed by atoms with Crippen LogP contribution >= 0.6 is 0 Å². The molecular weight excluding hydrogens is 687 g/mol. The number of fused-ring (bicyclic) bond motifs is 2. The first-order valence-electron chi connectivity index (χ1n) is 17.1. The fourth-order valence-electron chi connectivity index (χ4n) is 6.54. The number of amides is 1. The van der Waals surface area contributed by atoms with Gasteiger partial charge in [0, 0.05) is 36.7 Å². The van der Waals surface area contributed by atoms with Crippen molar-refractivity contribution in [3.8, 4) is 11.1 Å². The van der Waals surface area contributed by atoms with Gasteiger partial charge in [-0.25, -0.2) is 13.8 Å². The minimum Gasteiger partial charge on any atom is -0.342 e. The second kappa shape index (κ2) is 14.9. The number of aromatic amines is 1. The third kappa shape index (κ3) is 7.89. The van der Waals surface area contributed by atoms with Gasteiger partial charge in [-0.3, -0.25) is 9.59 Å². The number of aryl methyl sites for hydroxylation is 2. The Bertz CT molecular complexity index is 2440. The molecule has 1 amide bonds. The zero-order valence-electron chi connectivity index (χ0n) is 28.3. The van der Waals surface area contributed by atoms with Crippen molar-refractivity contribution in [2.75, 3.05) is 6.54 Å². The lowest BCUT2D eigenvalue weighted by atomic mass is 10.0. The van der Waals surface area contributed by atoms with Crippen molar-refractivity contribution >= 4 is 27.8 Å². The van der Waals surface area contributed by atoms with Gasteiger partial charge in [-0.05, 0) is 77.6 Å². The van der Waals surface area contributed by atoms with Crippen molar-refractivity contribution in [1.29, 1.82) is 0 Å². The molecule has 0 aliphatic heterocycles. The summed E-state index contributed by atoms with van der Waals surface area (Å²) in [6.45, 7) is 0.376. The van der Waals surface area contributed by atoms with E-state index in [2.05, 4.69) is 9.97 Å². The largest absolute Gasteiger partial charge is 0.416 e. The third-order valence-electron chi connectivity index (χ3n) is 9.36. The first-order chi connectivity index (χ1) is 25.5. The highest BCUT2D eigenvalue weighted by atomic mass is 19.4. The average molecular weight is 721 g/mol. The van der Waals surface area contributed by atoms with Crippen molar-refractivity contribution in [2.24, 2.45) is 0 Å². The maximum atomic E-state index is 14.6. The summed E-state index contributed by atoms with van der Waals surface area (Å²) >= 11 is 0. The van der Waals surface area contributed by atoms with Crippen LogP contribution in [0.2, 0.25) is 0 Å². The lowest BCUT2D eigenvalue weighted by Gasteiger charge is -2.25. The molecule has 53 heavy (non-hydrogen) atoms. The second-order valence-corrected chi connectivity index (χ2v) is 12.9. The van der Waals surface area contributed by atoms with E-state index in [4.69, 9.17) is 0 Å². The summed E-state index contributed by atoms with van der Waals surface area (Å²) in [5.74, 6) is -1.45. The molecule has 0 bridgehead atoms. The molecule has 0 radical (unpaired) electrons. The van der Waals surface area contributed by atoms with E-state index in [0.717, 1.165) is 40.4 Å². The van der Waals surface area contributed by atoms with Gasteiger partial charge >= 0.3 is 6.18 Å². The van der Waals surface area contributed by atoms with Gasteiger partial charge in [0.2, 0.25) is 5.91 Å². The highest BCUT2D eigenvalue weighted by molar-refractivity contribution is 5.83. The van der Waals surface area contributed by atoms with Crippen LogP contribution in [0.5, 0.6) is 0 Å². The summed E-state index contributed by atoms with van der Waals surface area (Å²) in [5.41, 5.74) is 4.06. The second-order valence-electron chi connectivity index (χ2n) is 12.9. The summed E-state index contributed by atoms with van der Waals surface area (Å²) in [6, 6.07) is 32.2. The average Bonchev–Trinajstić information content (AvgIpc) is 3.58. The van der Waals surface area contributed by atoms with Crippen LogP contribution in [0.1, 0.15) is 28.2 Å². The van der Waals surface area contributed by atoms with Gasteiger partial charge in [-0.15, -0.1) is 0 Å². The number of para-hydroxylation sites is 3. The number of halogens is 5. The van der Waals surface area contributed by atoms with Crippen molar-refractivity contribution in [3.05, 3.63) is 171 Å². The lowest BCUT2D eigenvalue weighted by Crippen LogP contribution is -2.36. The number of rotatable bonds is 11. The summed E-state index contributed by atoms with van der Waals surface area (Å²) in [7, 11) is 0. The Morgan fingerprint density at radius 1 is 0.774 bits per heavy atom. The number of imidazole rings is 1. The normalized spacial score (nSPS) is 11.7. The molecule has 2 heterocycles. The van der Waals surface area contributed by atoms with E-state index in [1.165, 1.54) is 30.3 Å². The first-order valence-corrected chi connectivity index (χ1v) is 17.1. The predicted molar refractivity (Wildman–Crippen MR) is 194 cm³/mol. The zero-order chi connectivity index (χ0) is 37.1. The first kappa shape index (κ1) is 35.3. The Morgan fingerprint density at radius 2 is 1.47 bits per heavy atom. The fraction of sp³-hybridized carbons (Fsp3) is 0.167. The minimum absolute atomic E-state index is 0.108. The van der Waals surface area contributed by atoms with E-state index >= 15 is 0 Å². The van der Waals surface area contributed by atoms with Crippen LogP contribution in [0.3, 0.4) is 0 Å². The van der Waals surface area contributed by atoms with Gasteiger partial charge in [-0.2, -0.15) is 13.2 Å². The van der Waals surface area contributed by atoms with Gasteiger partial charge in [0.15, 0.2) is 17.1 Å². The summed E-state index contributed by atoms with van der Waals surface area (Å²) in [6.07, 6.45) is -3.72. The van der Waals surface area contributed by atoms with Crippen LogP contribution in [0, 0.1) is 11.6 Å². The van der Waals surface area contributed by atoms with E-state index in [0.29, 0.717) is 41.0 Å². The maximum Gasteiger partial charge on any atom is 0.416 e. The maximum absolute atomic E-state index is 14.6. The van der Waals surface area contributed by atoms with Gasteiger partial charge < -0.3 is 14.5 Å². The molecule has 0 atom stereocenters. The molecule has 0 saturated carbocycles. The Morgan fingerprint density at radius 3 is 2.21 bits per heavy atom. The van der Waals surface area contributed by atoms with E-state index in [9.17, 15) is 31.5 Å². The molecule has 6 nitrogen and oxygen atoms in total. The number of aromatic nitrogens is 3. The number of H-pyrrole nitrogens is 1. The Labute approximate surface area is 301 Å². The number of pyridine rings is 1. The van der Waals surface area contributed by atoms with Crippen molar-refractivity contribution < 1.29 is 26.7 Å². The summed E-state index contributed by atoms with van der Waals surface area (Å²) < 4.78 is 69.6. The van der Waals surface area contributed by atoms with Crippen LogP contribution in [0.4, 0.5) is 22.0 Å². The fourth-order valence-corrected chi connectivity index (χ4v) is 6.54. The van der Waals surface area contributed by atoms with E-state index in [1.54, 1.807) is 45.9 Å². The monoisotopic (exact) mass is 720 g/mol. The predicted octanol–water partition coefficient (Wildman–Crippen LogP) is 8.90. The van der Waals surface area contributed by atoms with Crippen LogP contribution in [0.15, 0.2) is 126 Å². The molecule has 0 saturated heterocycles.